The number of unbranched alkanes of at least 4 members (excludes halogenated alkanes) is 1. The van der Waals surface area contributed by atoms with Crippen LogP contribution in [0.5, 0.6) is 0 Å². The molecule has 1 aromatic heterocycles. The van der Waals surface area contributed by atoms with Gasteiger partial charge in [0, 0.05) is 17.8 Å². The molecule has 122 valence electrons. The number of fused-ring (bicyclic) bond motifs is 1. The number of aryl methyl sites for hydroxylation is 2. The summed E-state index contributed by atoms with van der Waals surface area (Å²) < 4.78 is 0. The van der Waals surface area contributed by atoms with Crippen LogP contribution in [0, 0.1) is 0 Å². The van der Waals surface area contributed by atoms with E-state index in [1.165, 1.54) is 36.8 Å². The first-order chi connectivity index (χ1) is 11.3. The van der Waals surface area contributed by atoms with Gasteiger partial charge < -0.3 is 10.3 Å². The molecule has 2 aromatic rings. The first-order valence-electron chi connectivity index (χ1n) is 8.83. The first-order valence-corrected chi connectivity index (χ1v) is 8.83. The van der Waals surface area contributed by atoms with Crippen LogP contribution in [0.15, 0.2) is 35.1 Å². The van der Waals surface area contributed by atoms with Gasteiger partial charge in [-0.25, -0.2) is 0 Å². The third-order valence-corrected chi connectivity index (χ3v) is 4.67. The van der Waals surface area contributed by atoms with Gasteiger partial charge in [-0.15, -0.1) is 0 Å². The number of aromatic amines is 1. The van der Waals surface area contributed by atoms with Crippen molar-refractivity contribution >= 4 is 0 Å². The minimum Gasteiger partial charge on any atom is -0.322 e. The van der Waals surface area contributed by atoms with Crippen molar-refractivity contribution in [3.05, 3.63) is 57.4 Å². The van der Waals surface area contributed by atoms with E-state index in [2.05, 4.69) is 35.4 Å². The second kappa shape index (κ2) is 7.60. The summed E-state index contributed by atoms with van der Waals surface area (Å²) in [4.78, 5) is 15.3. The maximum Gasteiger partial charge on any atom is 0.252 e. The Bertz CT molecular complexity index is 718. The smallest absolute Gasteiger partial charge is 0.252 e. The average molecular weight is 310 g/mol. The molecule has 0 radical (unpaired) electrons. The van der Waals surface area contributed by atoms with E-state index in [-0.39, 0.29) is 5.56 Å². The quantitative estimate of drug-likeness (QED) is 0.797. The summed E-state index contributed by atoms with van der Waals surface area (Å²) in [7, 11) is 0. The number of benzene rings is 1. The van der Waals surface area contributed by atoms with Crippen LogP contribution in [0.2, 0.25) is 0 Å². The molecule has 0 amide bonds. The normalized spacial score (nSPS) is 13.8. The van der Waals surface area contributed by atoms with Crippen molar-refractivity contribution in [3.63, 3.8) is 0 Å². The molecule has 0 unspecified atom stereocenters. The molecule has 0 atom stereocenters. The van der Waals surface area contributed by atoms with Crippen LogP contribution in [-0.2, 0) is 19.4 Å². The monoisotopic (exact) mass is 310 g/mol. The van der Waals surface area contributed by atoms with Crippen molar-refractivity contribution in [1.82, 2.24) is 10.3 Å². The van der Waals surface area contributed by atoms with E-state index in [0.29, 0.717) is 6.54 Å². The summed E-state index contributed by atoms with van der Waals surface area (Å²) in [5.41, 5.74) is 5.78. The van der Waals surface area contributed by atoms with Crippen molar-refractivity contribution in [1.29, 1.82) is 0 Å². The summed E-state index contributed by atoms with van der Waals surface area (Å²) in [6.07, 6.45) is 7.23. The molecular weight excluding hydrogens is 284 g/mol. The number of H-pyrrole nitrogens is 1. The van der Waals surface area contributed by atoms with Crippen molar-refractivity contribution in [2.24, 2.45) is 0 Å². The van der Waals surface area contributed by atoms with Crippen LogP contribution in [0.1, 0.15) is 49.3 Å². The highest BCUT2D eigenvalue weighted by Crippen LogP contribution is 2.26. The van der Waals surface area contributed by atoms with Gasteiger partial charge in [-0.3, -0.25) is 4.79 Å². The lowest BCUT2D eigenvalue weighted by atomic mass is 9.90. The van der Waals surface area contributed by atoms with Gasteiger partial charge in [0.15, 0.2) is 0 Å². The number of pyridine rings is 1. The van der Waals surface area contributed by atoms with E-state index in [1.54, 1.807) is 0 Å². The summed E-state index contributed by atoms with van der Waals surface area (Å²) in [6.45, 7) is 3.77. The molecule has 23 heavy (non-hydrogen) atoms. The van der Waals surface area contributed by atoms with E-state index >= 15 is 0 Å². The van der Waals surface area contributed by atoms with Crippen LogP contribution in [0.25, 0.3) is 11.3 Å². The van der Waals surface area contributed by atoms with Crippen LogP contribution < -0.4 is 10.9 Å². The Morgan fingerprint density at radius 3 is 2.70 bits per heavy atom. The van der Waals surface area contributed by atoms with Gasteiger partial charge in [-0.2, -0.15) is 0 Å². The van der Waals surface area contributed by atoms with E-state index in [1.807, 2.05) is 12.1 Å². The predicted molar refractivity (Wildman–Crippen MR) is 95.8 cm³/mol. The third kappa shape index (κ3) is 3.91. The number of rotatable bonds is 6. The molecule has 3 heteroatoms. The van der Waals surface area contributed by atoms with Gasteiger partial charge in [-0.05, 0) is 67.5 Å². The molecule has 1 aliphatic carbocycles. The average Bonchev–Trinajstić information content (AvgIpc) is 2.59. The molecule has 1 aromatic carbocycles. The van der Waals surface area contributed by atoms with E-state index < -0.39 is 0 Å². The Kier molecular flexibility index (Phi) is 5.29. The van der Waals surface area contributed by atoms with Crippen molar-refractivity contribution in [2.45, 2.75) is 52.0 Å². The summed E-state index contributed by atoms with van der Waals surface area (Å²) in [5, 5.41) is 3.32. The molecular formula is C20H26N2O. The highest BCUT2D eigenvalue weighted by atomic mass is 16.1. The standard InChI is InChI=1S/C20H26N2O/c1-2-3-12-21-14-18-10-11-19(22-20(18)23)17-9-8-15-6-4-5-7-16(15)13-17/h8-11,13,21H,2-7,12,14H2,1H3,(H,22,23). The summed E-state index contributed by atoms with van der Waals surface area (Å²) in [6, 6.07) is 10.6. The van der Waals surface area contributed by atoms with Crippen LogP contribution >= 0.6 is 0 Å². The van der Waals surface area contributed by atoms with Gasteiger partial charge >= 0.3 is 0 Å². The molecule has 3 nitrogen and oxygen atoms in total. The molecule has 0 saturated heterocycles. The zero-order valence-electron chi connectivity index (χ0n) is 14.0. The van der Waals surface area contributed by atoms with Crippen molar-refractivity contribution in [3.8, 4) is 11.3 Å². The van der Waals surface area contributed by atoms with Crippen molar-refractivity contribution < 1.29 is 0 Å². The molecule has 0 fully saturated rings. The minimum atomic E-state index is 0.0178. The Morgan fingerprint density at radius 1 is 1.09 bits per heavy atom. The maximum atomic E-state index is 12.3. The van der Waals surface area contributed by atoms with Gasteiger partial charge in [0.2, 0.25) is 0 Å². The fraction of sp³-hybridized carbons (Fsp3) is 0.450. The van der Waals surface area contributed by atoms with E-state index in [9.17, 15) is 4.79 Å². The van der Waals surface area contributed by atoms with Gasteiger partial charge in [0.05, 0.1) is 0 Å². The van der Waals surface area contributed by atoms with Crippen LogP contribution in [-0.4, -0.2) is 11.5 Å². The maximum absolute atomic E-state index is 12.3. The number of aromatic nitrogens is 1. The number of nitrogens with one attached hydrogen (secondary N) is 2. The lowest BCUT2D eigenvalue weighted by Gasteiger charge is -2.16. The number of hydrogen-bond donors (Lipinski definition) is 2. The van der Waals surface area contributed by atoms with Gasteiger partial charge in [0.25, 0.3) is 5.56 Å². The molecule has 1 heterocycles. The molecule has 3 rings (SSSR count). The Balaban J connectivity index is 1.76. The van der Waals surface area contributed by atoms with E-state index in [4.69, 9.17) is 0 Å². The summed E-state index contributed by atoms with van der Waals surface area (Å²) >= 11 is 0. The Labute approximate surface area is 138 Å². The molecule has 1 aliphatic rings. The Morgan fingerprint density at radius 2 is 1.91 bits per heavy atom. The first kappa shape index (κ1) is 16.0. The van der Waals surface area contributed by atoms with Gasteiger partial charge in [0.1, 0.15) is 0 Å². The predicted octanol–water partition coefficient (Wildman–Crippen LogP) is 3.81. The van der Waals surface area contributed by atoms with E-state index in [0.717, 1.165) is 36.2 Å². The minimum absolute atomic E-state index is 0.0178. The molecule has 2 N–H and O–H groups in total. The largest absolute Gasteiger partial charge is 0.322 e. The summed E-state index contributed by atoms with van der Waals surface area (Å²) in [5.74, 6) is 0. The zero-order valence-corrected chi connectivity index (χ0v) is 14.0. The molecule has 0 spiro atoms. The Hall–Kier alpha value is -1.87. The van der Waals surface area contributed by atoms with Crippen LogP contribution in [0.4, 0.5) is 0 Å². The lowest BCUT2D eigenvalue weighted by molar-refractivity contribution is 0.638. The molecule has 0 saturated carbocycles. The molecule has 0 aliphatic heterocycles. The second-order valence-corrected chi connectivity index (χ2v) is 6.45. The second-order valence-electron chi connectivity index (χ2n) is 6.45. The highest BCUT2D eigenvalue weighted by molar-refractivity contribution is 5.61. The zero-order chi connectivity index (χ0) is 16.1. The van der Waals surface area contributed by atoms with Crippen molar-refractivity contribution in [2.75, 3.05) is 6.54 Å². The van der Waals surface area contributed by atoms with Crippen LogP contribution in [0.3, 0.4) is 0 Å². The third-order valence-electron chi connectivity index (χ3n) is 4.67. The van der Waals surface area contributed by atoms with Gasteiger partial charge in [-0.1, -0.05) is 31.5 Å². The molecule has 0 bridgehead atoms. The topological polar surface area (TPSA) is 44.9 Å². The number of hydrogen-bond acceptors (Lipinski definition) is 2. The fourth-order valence-corrected chi connectivity index (χ4v) is 3.24. The highest BCUT2D eigenvalue weighted by Gasteiger charge is 2.11. The lowest BCUT2D eigenvalue weighted by Crippen LogP contribution is -2.21. The SMILES string of the molecule is CCCCNCc1ccc(-c2ccc3c(c2)CCCC3)[nH]c1=O. The fourth-order valence-electron chi connectivity index (χ4n) is 3.24.